The van der Waals surface area contributed by atoms with Gasteiger partial charge in [0.1, 0.15) is 11.0 Å². The van der Waals surface area contributed by atoms with Gasteiger partial charge in [-0.25, -0.2) is 8.42 Å². The van der Waals surface area contributed by atoms with Crippen LogP contribution in [0.15, 0.2) is 69.3 Å². The Hall–Kier alpha value is -2.03. The Morgan fingerprint density at radius 3 is 2.24 bits per heavy atom. The average molecular weight is 315 g/mol. The Morgan fingerprint density at radius 2 is 1.71 bits per heavy atom. The molecule has 0 spiro atoms. The maximum atomic E-state index is 12.4. The van der Waals surface area contributed by atoms with Crippen LogP contribution in [0.2, 0.25) is 0 Å². The molecule has 0 amide bonds. The lowest BCUT2D eigenvalue weighted by Crippen LogP contribution is -2.03. The monoisotopic (exact) mass is 315 g/mol. The zero-order valence-electron chi connectivity index (χ0n) is 11.4. The van der Waals surface area contributed by atoms with E-state index < -0.39 is 9.84 Å². The van der Waals surface area contributed by atoms with Crippen LogP contribution in [0.1, 0.15) is 5.56 Å². The van der Waals surface area contributed by atoms with Crippen molar-refractivity contribution in [1.82, 2.24) is 0 Å². The topological polar surface area (TPSA) is 57.9 Å². The summed E-state index contributed by atoms with van der Waals surface area (Å²) in [5.74, 6) is 0. The van der Waals surface area contributed by atoms with E-state index in [1.807, 2.05) is 18.4 Å². The molecule has 0 aliphatic rings. The van der Waals surface area contributed by atoms with Crippen LogP contribution in [0.3, 0.4) is 0 Å². The van der Waals surface area contributed by atoms with Gasteiger partial charge in [-0.2, -0.15) is 5.26 Å². The predicted octanol–water partition coefficient (Wildman–Crippen LogP) is 3.75. The summed E-state index contributed by atoms with van der Waals surface area (Å²) in [6.45, 7) is 0. The molecule has 5 heteroatoms. The second kappa shape index (κ2) is 6.61. The van der Waals surface area contributed by atoms with Gasteiger partial charge < -0.3 is 0 Å². The standard InChI is InChI=1S/C16H13NO2S2/c1-20-14-9-7-13(8-10-14)11-16(12-17)21(18,19)15-5-3-2-4-6-15/h2-11H,1H3/b16-11-. The molecule has 0 fully saturated rings. The van der Waals surface area contributed by atoms with Crippen LogP contribution in [0.5, 0.6) is 0 Å². The minimum absolute atomic E-state index is 0.124. The molecule has 2 rings (SSSR count). The van der Waals surface area contributed by atoms with E-state index in [1.165, 1.54) is 18.2 Å². The first-order valence-corrected chi connectivity index (χ1v) is 8.84. The molecule has 0 saturated heterocycles. The molecule has 2 aromatic carbocycles. The summed E-state index contributed by atoms with van der Waals surface area (Å²) in [6.07, 6.45) is 3.36. The summed E-state index contributed by atoms with van der Waals surface area (Å²) in [5.41, 5.74) is 0.684. The van der Waals surface area contributed by atoms with E-state index in [1.54, 1.807) is 48.2 Å². The van der Waals surface area contributed by atoms with Crippen molar-refractivity contribution in [2.45, 2.75) is 9.79 Å². The zero-order chi connectivity index (χ0) is 15.3. The Kier molecular flexibility index (Phi) is 4.84. The maximum absolute atomic E-state index is 12.4. The Morgan fingerprint density at radius 1 is 1.10 bits per heavy atom. The molecule has 21 heavy (non-hydrogen) atoms. The predicted molar refractivity (Wildman–Crippen MR) is 85.4 cm³/mol. The van der Waals surface area contributed by atoms with Gasteiger partial charge >= 0.3 is 0 Å². The molecule has 0 atom stereocenters. The number of rotatable bonds is 4. The second-order valence-electron chi connectivity index (χ2n) is 4.21. The summed E-state index contributed by atoms with van der Waals surface area (Å²) < 4.78 is 24.8. The van der Waals surface area contributed by atoms with Gasteiger partial charge in [0.25, 0.3) is 0 Å². The van der Waals surface area contributed by atoms with Gasteiger partial charge in [-0.15, -0.1) is 11.8 Å². The summed E-state index contributed by atoms with van der Waals surface area (Å²) in [4.78, 5) is 0.945. The van der Waals surface area contributed by atoms with Gasteiger partial charge in [0, 0.05) is 4.90 Å². The van der Waals surface area contributed by atoms with Crippen LogP contribution in [-0.2, 0) is 9.84 Å². The van der Waals surface area contributed by atoms with Gasteiger partial charge in [0.2, 0.25) is 9.84 Å². The Balaban J connectivity index is 2.44. The molecule has 3 nitrogen and oxygen atoms in total. The van der Waals surface area contributed by atoms with Gasteiger partial charge in [-0.05, 0) is 42.2 Å². The van der Waals surface area contributed by atoms with Gasteiger partial charge in [-0.1, -0.05) is 30.3 Å². The van der Waals surface area contributed by atoms with E-state index in [-0.39, 0.29) is 9.80 Å². The summed E-state index contributed by atoms with van der Waals surface area (Å²) in [6, 6.07) is 17.1. The molecule has 0 radical (unpaired) electrons. The minimum Gasteiger partial charge on any atom is -0.218 e. The summed E-state index contributed by atoms with van der Waals surface area (Å²) >= 11 is 1.60. The Labute approximate surface area is 128 Å². The third-order valence-corrected chi connectivity index (χ3v) is 5.29. The van der Waals surface area contributed by atoms with E-state index in [0.717, 1.165) is 4.90 Å². The third kappa shape index (κ3) is 3.54. The molecule has 0 unspecified atom stereocenters. The van der Waals surface area contributed by atoms with Crippen LogP contribution in [-0.4, -0.2) is 14.7 Å². The SMILES string of the molecule is CSc1ccc(/C=C(/C#N)S(=O)(=O)c2ccccc2)cc1. The highest BCUT2D eigenvalue weighted by Gasteiger charge is 2.20. The van der Waals surface area contributed by atoms with E-state index in [9.17, 15) is 13.7 Å². The molecule has 0 bridgehead atoms. The first kappa shape index (κ1) is 15.4. The van der Waals surface area contributed by atoms with Gasteiger partial charge in [0.05, 0.1) is 4.90 Å². The van der Waals surface area contributed by atoms with Crippen LogP contribution in [0, 0.1) is 11.3 Å². The summed E-state index contributed by atoms with van der Waals surface area (Å²) in [5, 5.41) is 9.18. The largest absolute Gasteiger partial charge is 0.218 e. The van der Waals surface area contributed by atoms with Crippen molar-refractivity contribution >= 4 is 27.7 Å². The first-order valence-electron chi connectivity index (χ1n) is 6.14. The zero-order valence-corrected chi connectivity index (χ0v) is 13.0. The number of thioether (sulfide) groups is 1. The average Bonchev–Trinajstić information content (AvgIpc) is 2.53. The van der Waals surface area contributed by atoms with Crippen molar-refractivity contribution in [2.75, 3.05) is 6.26 Å². The summed E-state index contributed by atoms with van der Waals surface area (Å²) in [7, 11) is -3.77. The number of nitrogens with zero attached hydrogens (tertiary/aromatic N) is 1. The molecule has 0 saturated carbocycles. The number of hydrogen-bond acceptors (Lipinski definition) is 4. The molecule has 0 aromatic heterocycles. The molecular formula is C16H13NO2S2. The fourth-order valence-corrected chi connectivity index (χ4v) is 3.34. The van der Waals surface area contributed by atoms with Crippen molar-refractivity contribution < 1.29 is 8.42 Å². The van der Waals surface area contributed by atoms with Crippen molar-refractivity contribution in [3.8, 4) is 6.07 Å². The van der Waals surface area contributed by atoms with E-state index in [2.05, 4.69) is 0 Å². The van der Waals surface area contributed by atoms with Gasteiger partial charge in [-0.3, -0.25) is 0 Å². The smallest absolute Gasteiger partial charge is 0.216 e. The highest BCUT2D eigenvalue weighted by Crippen LogP contribution is 2.22. The fraction of sp³-hybridized carbons (Fsp3) is 0.0625. The Bertz CT molecular complexity index is 786. The number of sulfone groups is 1. The van der Waals surface area contributed by atoms with Crippen LogP contribution in [0.25, 0.3) is 6.08 Å². The first-order chi connectivity index (χ1) is 10.1. The highest BCUT2D eigenvalue weighted by atomic mass is 32.2. The second-order valence-corrected chi connectivity index (χ2v) is 7.01. The lowest BCUT2D eigenvalue weighted by atomic mass is 10.2. The van der Waals surface area contributed by atoms with Gasteiger partial charge in [0.15, 0.2) is 0 Å². The van der Waals surface area contributed by atoms with Crippen molar-refractivity contribution in [3.63, 3.8) is 0 Å². The lowest BCUT2D eigenvalue weighted by Gasteiger charge is -2.03. The van der Waals surface area contributed by atoms with E-state index in [0.29, 0.717) is 5.56 Å². The van der Waals surface area contributed by atoms with Crippen LogP contribution < -0.4 is 0 Å². The highest BCUT2D eigenvalue weighted by molar-refractivity contribution is 7.98. The number of nitriles is 1. The molecule has 0 N–H and O–H groups in total. The quantitative estimate of drug-likeness (QED) is 0.637. The maximum Gasteiger partial charge on any atom is 0.216 e. The molecule has 106 valence electrons. The van der Waals surface area contributed by atoms with Crippen molar-refractivity contribution in [3.05, 3.63) is 65.1 Å². The van der Waals surface area contributed by atoms with Crippen molar-refractivity contribution in [1.29, 1.82) is 5.26 Å². The molecule has 0 heterocycles. The fourth-order valence-electron chi connectivity index (χ4n) is 1.75. The number of benzene rings is 2. The van der Waals surface area contributed by atoms with Crippen LogP contribution >= 0.6 is 11.8 Å². The normalized spacial score (nSPS) is 11.9. The lowest BCUT2D eigenvalue weighted by molar-refractivity contribution is 0.603. The molecule has 0 aliphatic carbocycles. The molecular weight excluding hydrogens is 302 g/mol. The number of allylic oxidation sites excluding steroid dienone is 1. The van der Waals surface area contributed by atoms with E-state index >= 15 is 0 Å². The third-order valence-electron chi connectivity index (χ3n) is 2.87. The van der Waals surface area contributed by atoms with E-state index in [4.69, 9.17) is 0 Å². The van der Waals surface area contributed by atoms with Crippen molar-refractivity contribution in [2.24, 2.45) is 0 Å². The minimum atomic E-state index is -3.77. The number of hydrogen-bond donors (Lipinski definition) is 0. The molecule has 2 aromatic rings. The molecule has 0 aliphatic heterocycles. The van der Waals surface area contributed by atoms with Crippen LogP contribution in [0.4, 0.5) is 0 Å².